The molecule has 5 atom stereocenters. The van der Waals surface area contributed by atoms with Crippen LogP contribution in [0.25, 0.3) is 0 Å². The number of carboxylic acids is 1. The summed E-state index contributed by atoms with van der Waals surface area (Å²) in [6.45, 7) is 2.12. The molecule has 0 bridgehead atoms. The predicted octanol–water partition coefficient (Wildman–Crippen LogP) is 3.04. The number of hydrogen-bond donors (Lipinski definition) is 4. The van der Waals surface area contributed by atoms with E-state index in [1.807, 2.05) is 18.2 Å². The molecule has 1 aliphatic carbocycles. The van der Waals surface area contributed by atoms with E-state index in [9.17, 15) is 20.1 Å². The molecule has 1 rings (SSSR count). The fourth-order valence-corrected chi connectivity index (χ4v) is 3.41. The number of carboxylic acid groups (broad SMARTS) is 1. The van der Waals surface area contributed by atoms with Gasteiger partial charge >= 0.3 is 5.97 Å². The minimum atomic E-state index is -0.787. The Morgan fingerprint density at radius 2 is 1.92 bits per heavy atom. The zero-order chi connectivity index (χ0) is 18.7. The number of aliphatic hydroxyl groups excluding tert-OH is 3. The third-order valence-electron chi connectivity index (χ3n) is 4.91. The Morgan fingerprint density at radius 3 is 2.60 bits per heavy atom. The quantitative estimate of drug-likeness (QED) is 0.319. The molecule has 0 amide bonds. The van der Waals surface area contributed by atoms with E-state index in [1.165, 1.54) is 0 Å². The van der Waals surface area contributed by atoms with Gasteiger partial charge in [-0.2, -0.15) is 0 Å². The summed E-state index contributed by atoms with van der Waals surface area (Å²) in [5.41, 5.74) is 0. The second-order valence-corrected chi connectivity index (χ2v) is 7.05. The molecule has 0 unspecified atom stereocenters. The molecule has 25 heavy (non-hydrogen) atoms. The fourth-order valence-electron chi connectivity index (χ4n) is 3.41. The highest BCUT2D eigenvalue weighted by Crippen LogP contribution is 2.36. The van der Waals surface area contributed by atoms with E-state index in [0.29, 0.717) is 25.7 Å². The van der Waals surface area contributed by atoms with Crippen molar-refractivity contribution in [1.29, 1.82) is 0 Å². The Hall–Kier alpha value is -1.17. The van der Waals surface area contributed by atoms with Crippen LogP contribution < -0.4 is 0 Å². The summed E-state index contributed by atoms with van der Waals surface area (Å²) in [5, 5.41) is 39.0. The van der Waals surface area contributed by atoms with Crippen molar-refractivity contribution in [3.63, 3.8) is 0 Å². The van der Waals surface area contributed by atoms with Crippen molar-refractivity contribution in [1.82, 2.24) is 0 Å². The molecule has 0 aromatic carbocycles. The first-order valence-corrected chi connectivity index (χ1v) is 9.55. The number of carbonyl (C=O) groups is 1. The molecule has 4 N–H and O–H groups in total. The van der Waals surface area contributed by atoms with Crippen molar-refractivity contribution in [3.8, 4) is 0 Å². The number of aliphatic carboxylic acids is 1. The van der Waals surface area contributed by atoms with Crippen LogP contribution in [-0.2, 0) is 4.79 Å². The van der Waals surface area contributed by atoms with Crippen molar-refractivity contribution in [3.05, 3.63) is 24.3 Å². The molecular formula is C20H34O5. The lowest BCUT2D eigenvalue weighted by Crippen LogP contribution is -2.20. The minimum absolute atomic E-state index is 0.0650. The van der Waals surface area contributed by atoms with Crippen molar-refractivity contribution >= 4 is 5.97 Å². The monoisotopic (exact) mass is 354 g/mol. The number of allylic oxidation sites excluding steroid dienone is 2. The molecule has 0 saturated heterocycles. The SMILES string of the molecule is CCCCC[C@H](O)/C=C\[C@@H]1[C@H](C/C=C/CCCC(=O)O)[C@@H](O)C[C@H]1O. The normalized spacial score (nSPS) is 28.2. The summed E-state index contributed by atoms with van der Waals surface area (Å²) < 4.78 is 0. The van der Waals surface area contributed by atoms with Gasteiger partial charge < -0.3 is 20.4 Å². The van der Waals surface area contributed by atoms with Crippen molar-refractivity contribution in [2.75, 3.05) is 0 Å². The molecule has 5 nitrogen and oxygen atoms in total. The van der Waals surface area contributed by atoms with Gasteiger partial charge in [-0.15, -0.1) is 0 Å². The Morgan fingerprint density at radius 1 is 1.16 bits per heavy atom. The largest absolute Gasteiger partial charge is 0.481 e. The predicted molar refractivity (Wildman–Crippen MR) is 98.1 cm³/mol. The van der Waals surface area contributed by atoms with Crippen LogP contribution in [0.5, 0.6) is 0 Å². The topological polar surface area (TPSA) is 98.0 Å². The van der Waals surface area contributed by atoms with Crippen LogP contribution >= 0.6 is 0 Å². The summed E-state index contributed by atoms with van der Waals surface area (Å²) in [4.78, 5) is 10.5. The Labute approximate surface area is 151 Å². The van der Waals surface area contributed by atoms with E-state index in [4.69, 9.17) is 5.11 Å². The molecule has 0 aromatic rings. The molecule has 1 aliphatic rings. The number of hydrogen-bond acceptors (Lipinski definition) is 4. The van der Waals surface area contributed by atoms with Gasteiger partial charge in [-0.05, 0) is 31.6 Å². The lowest BCUT2D eigenvalue weighted by Gasteiger charge is -2.19. The molecule has 0 spiro atoms. The molecule has 0 radical (unpaired) electrons. The van der Waals surface area contributed by atoms with Crippen LogP contribution in [-0.4, -0.2) is 44.7 Å². The third-order valence-corrected chi connectivity index (χ3v) is 4.91. The molecule has 1 fully saturated rings. The van der Waals surface area contributed by atoms with E-state index in [0.717, 1.165) is 25.7 Å². The molecular weight excluding hydrogens is 320 g/mol. The number of rotatable bonds is 12. The maximum Gasteiger partial charge on any atom is 0.303 e. The summed E-state index contributed by atoms with van der Waals surface area (Å²) in [7, 11) is 0. The van der Waals surface area contributed by atoms with Crippen LogP contribution in [0.3, 0.4) is 0 Å². The molecule has 0 heterocycles. The van der Waals surface area contributed by atoms with Gasteiger partial charge in [-0.25, -0.2) is 0 Å². The first-order chi connectivity index (χ1) is 12.0. The van der Waals surface area contributed by atoms with Crippen LogP contribution in [0.15, 0.2) is 24.3 Å². The maximum absolute atomic E-state index is 10.5. The highest BCUT2D eigenvalue weighted by Gasteiger charge is 2.39. The van der Waals surface area contributed by atoms with Gasteiger partial charge in [0, 0.05) is 18.8 Å². The average molecular weight is 354 g/mol. The van der Waals surface area contributed by atoms with Crippen molar-refractivity contribution < 1.29 is 25.2 Å². The van der Waals surface area contributed by atoms with Crippen LogP contribution in [0.4, 0.5) is 0 Å². The Balaban J connectivity index is 2.46. The van der Waals surface area contributed by atoms with Crippen molar-refractivity contribution in [2.24, 2.45) is 11.8 Å². The van der Waals surface area contributed by atoms with Crippen LogP contribution in [0.2, 0.25) is 0 Å². The lowest BCUT2D eigenvalue weighted by molar-refractivity contribution is -0.137. The lowest BCUT2D eigenvalue weighted by atomic mass is 9.89. The van der Waals surface area contributed by atoms with E-state index >= 15 is 0 Å². The zero-order valence-corrected chi connectivity index (χ0v) is 15.3. The van der Waals surface area contributed by atoms with E-state index < -0.39 is 24.3 Å². The zero-order valence-electron chi connectivity index (χ0n) is 15.3. The van der Waals surface area contributed by atoms with Gasteiger partial charge in [0.25, 0.3) is 0 Å². The minimum Gasteiger partial charge on any atom is -0.481 e. The molecule has 144 valence electrons. The van der Waals surface area contributed by atoms with Gasteiger partial charge in [0.05, 0.1) is 18.3 Å². The second kappa shape index (κ2) is 12.2. The Bertz CT molecular complexity index is 432. The van der Waals surface area contributed by atoms with Gasteiger partial charge in [0.1, 0.15) is 0 Å². The number of unbranched alkanes of at least 4 members (excludes halogenated alkanes) is 3. The highest BCUT2D eigenvalue weighted by atomic mass is 16.4. The van der Waals surface area contributed by atoms with E-state index in [-0.39, 0.29) is 18.3 Å². The number of aliphatic hydroxyl groups is 3. The van der Waals surface area contributed by atoms with Gasteiger partial charge in [0.2, 0.25) is 0 Å². The summed E-state index contributed by atoms with van der Waals surface area (Å²) in [6, 6.07) is 0. The fraction of sp³-hybridized carbons (Fsp3) is 0.750. The summed E-state index contributed by atoms with van der Waals surface area (Å²) in [5.74, 6) is -1.00. The first-order valence-electron chi connectivity index (χ1n) is 9.55. The maximum atomic E-state index is 10.5. The van der Waals surface area contributed by atoms with Crippen LogP contribution in [0.1, 0.15) is 64.7 Å². The average Bonchev–Trinajstić information content (AvgIpc) is 2.82. The first kappa shape index (κ1) is 21.9. The molecule has 1 saturated carbocycles. The molecule has 5 heteroatoms. The smallest absolute Gasteiger partial charge is 0.303 e. The van der Waals surface area contributed by atoms with Crippen LogP contribution in [0, 0.1) is 11.8 Å². The molecule has 0 aromatic heterocycles. The van der Waals surface area contributed by atoms with Gasteiger partial charge in [-0.1, -0.05) is 50.5 Å². The van der Waals surface area contributed by atoms with E-state index in [2.05, 4.69) is 6.92 Å². The summed E-state index contributed by atoms with van der Waals surface area (Å²) in [6.07, 6.45) is 12.3. The molecule has 0 aliphatic heterocycles. The van der Waals surface area contributed by atoms with Gasteiger partial charge in [-0.3, -0.25) is 4.79 Å². The Kier molecular flexibility index (Phi) is 10.7. The summed E-state index contributed by atoms with van der Waals surface area (Å²) >= 11 is 0. The standard InChI is InChI=1S/C20H34O5/c1-2-3-6-9-15(21)12-13-17-16(18(22)14-19(17)23)10-7-4-5-8-11-20(24)25/h4,7,12-13,15-19,21-23H,2-3,5-6,8-11,14H2,1H3,(H,24,25)/b7-4+,13-12-/t15-,16-,17+,18-,19+/m0/s1. The van der Waals surface area contributed by atoms with Gasteiger partial charge in [0.15, 0.2) is 0 Å². The van der Waals surface area contributed by atoms with E-state index in [1.54, 1.807) is 6.08 Å². The van der Waals surface area contributed by atoms with Crippen molar-refractivity contribution in [2.45, 2.75) is 83.0 Å². The highest BCUT2D eigenvalue weighted by molar-refractivity contribution is 5.66. The third kappa shape index (κ3) is 8.66. The second-order valence-electron chi connectivity index (χ2n) is 7.05.